The molecule has 0 bridgehead atoms. The predicted molar refractivity (Wildman–Crippen MR) is 260 cm³/mol. The monoisotopic (exact) mass is 798 g/mol. The molecule has 9 aromatic carbocycles. The summed E-state index contributed by atoms with van der Waals surface area (Å²) in [5.41, 5.74) is 15.7. The second-order valence-electron chi connectivity index (χ2n) is 16.6. The Morgan fingerprint density at radius 2 is 0.984 bits per heavy atom. The molecule has 0 radical (unpaired) electrons. The summed E-state index contributed by atoms with van der Waals surface area (Å²) < 4.78 is 6.99. The predicted octanol–water partition coefficient (Wildman–Crippen LogP) is 12.0. The highest BCUT2D eigenvalue weighted by Gasteiger charge is 2.45. The molecule has 5 heterocycles. The zero-order valence-electron chi connectivity index (χ0n) is 33.7. The van der Waals surface area contributed by atoms with E-state index in [0.29, 0.717) is 16.9 Å². The number of aromatic nitrogens is 3. The molecule has 2 aliphatic heterocycles. The van der Waals surface area contributed by atoms with E-state index in [1.807, 2.05) is 24.3 Å². The summed E-state index contributed by atoms with van der Waals surface area (Å²) in [5.74, 6) is 0. The Hall–Kier alpha value is -8.78. The normalized spacial score (nSPS) is 12.4. The fourth-order valence-corrected chi connectivity index (χ4v) is 11.3. The molecule has 0 N–H and O–H groups in total. The molecule has 3 aromatic heterocycles. The van der Waals surface area contributed by atoms with E-state index in [4.69, 9.17) is 0 Å². The topological polar surface area (TPSA) is 46.2 Å². The number of nitriles is 1. The Bertz CT molecular complexity index is 3910. The lowest BCUT2D eigenvalue weighted by molar-refractivity contribution is 1.13. The lowest BCUT2D eigenvalue weighted by Gasteiger charge is -2.38. The molecule has 0 atom stereocenters. The first kappa shape index (κ1) is 34.0. The molecule has 63 heavy (non-hydrogen) atoms. The molecule has 0 saturated carbocycles. The smallest absolute Gasteiger partial charge is 0.250 e. The number of benzene rings is 9. The van der Waals surface area contributed by atoms with Crippen LogP contribution in [0.2, 0.25) is 0 Å². The van der Waals surface area contributed by atoms with Crippen molar-refractivity contribution < 1.29 is 0 Å². The largest absolute Gasteiger partial charge is 0.320 e. The summed E-state index contributed by atoms with van der Waals surface area (Å²) >= 11 is 0. The maximum absolute atomic E-state index is 11.9. The van der Waals surface area contributed by atoms with Gasteiger partial charge in [0.25, 0.3) is 6.71 Å². The summed E-state index contributed by atoms with van der Waals surface area (Å²) in [6.07, 6.45) is 0. The van der Waals surface area contributed by atoms with Gasteiger partial charge in [-0.15, -0.1) is 0 Å². The van der Waals surface area contributed by atoms with Crippen molar-refractivity contribution >= 4 is 111 Å². The number of hydrogen-bond acceptors (Lipinski definition) is 2. The number of hydrogen-bond donors (Lipinski definition) is 0. The second kappa shape index (κ2) is 12.4. The molecular weight excluding hydrogens is 767 g/mol. The van der Waals surface area contributed by atoms with E-state index < -0.39 is 0 Å². The van der Waals surface area contributed by atoms with Crippen LogP contribution in [0.5, 0.6) is 0 Å². The fourth-order valence-electron chi connectivity index (χ4n) is 11.3. The third-order valence-electron chi connectivity index (χ3n) is 13.6. The molecule has 12 aromatic rings. The van der Waals surface area contributed by atoms with Crippen molar-refractivity contribution in [3.63, 3.8) is 0 Å². The van der Waals surface area contributed by atoms with Gasteiger partial charge in [-0.2, -0.15) is 5.26 Å². The lowest BCUT2D eigenvalue weighted by Crippen LogP contribution is -2.59. The Balaban J connectivity index is 1.19. The van der Waals surface area contributed by atoms with Crippen LogP contribution in [-0.2, 0) is 0 Å². The fraction of sp³-hybridized carbons (Fsp3) is 0. The molecule has 6 nitrogen and oxygen atoms in total. The molecule has 0 unspecified atom stereocenters. The van der Waals surface area contributed by atoms with Crippen LogP contribution in [0.1, 0.15) is 5.56 Å². The minimum atomic E-state index is -0.219. The highest BCUT2D eigenvalue weighted by atomic mass is 15.2. The highest BCUT2D eigenvalue weighted by Crippen LogP contribution is 2.52. The van der Waals surface area contributed by atoms with Crippen LogP contribution < -0.4 is 21.3 Å². The van der Waals surface area contributed by atoms with Crippen molar-refractivity contribution in [2.24, 2.45) is 0 Å². The van der Waals surface area contributed by atoms with Crippen LogP contribution >= 0.6 is 0 Å². The van der Waals surface area contributed by atoms with Crippen LogP contribution in [0.3, 0.4) is 0 Å². The number of para-hydroxylation sites is 7. The minimum Gasteiger partial charge on any atom is -0.320 e. The quantitative estimate of drug-likeness (QED) is 0.131. The van der Waals surface area contributed by atoms with Crippen molar-refractivity contribution in [2.75, 3.05) is 4.90 Å². The SMILES string of the molecule is [C-]#[N+]c1c(N(c2ccccc2)c2ccc3c(c2)c2ccccc2n3-c2ccccc2)c(C#N)c2c3c1-n1c4ccccc4c4cccc(c41)B3c1cccc3c4ccccc4n-2c13. The van der Waals surface area contributed by atoms with Gasteiger partial charge in [0.2, 0.25) is 5.69 Å². The van der Waals surface area contributed by atoms with Crippen molar-refractivity contribution in [3.8, 4) is 23.1 Å². The first-order valence-corrected chi connectivity index (χ1v) is 21.2. The van der Waals surface area contributed by atoms with Crippen LogP contribution in [0.4, 0.5) is 22.7 Å². The Kier molecular flexibility index (Phi) is 6.69. The minimum absolute atomic E-state index is 0.219. The first-order chi connectivity index (χ1) is 31.2. The van der Waals surface area contributed by atoms with Gasteiger partial charge in [-0.1, -0.05) is 127 Å². The van der Waals surface area contributed by atoms with E-state index in [9.17, 15) is 11.8 Å². The highest BCUT2D eigenvalue weighted by molar-refractivity contribution is 7.00. The molecule has 0 amide bonds. The van der Waals surface area contributed by atoms with Gasteiger partial charge in [0.05, 0.1) is 51.3 Å². The summed E-state index contributed by atoms with van der Waals surface area (Å²) in [4.78, 5) is 6.74. The van der Waals surface area contributed by atoms with Crippen LogP contribution in [0.25, 0.3) is 87.3 Å². The van der Waals surface area contributed by atoms with Gasteiger partial charge in [-0.25, -0.2) is 4.85 Å². The van der Waals surface area contributed by atoms with Crippen LogP contribution in [0, 0.1) is 17.9 Å². The van der Waals surface area contributed by atoms with Crippen LogP contribution in [0.15, 0.2) is 188 Å². The van der Waals surface area contributed by atoms with Crippen molar-refractivity contribution in [1.82, 2.24) is 13.7 Å². The van der Waals surface area contributed by atoms with Gasteiger partial charge < -0.3 is 18.6 Å². The average Bonchev–Trinajstić information content (AvgIpc) is 3.99. The van der Waals surface area contributed by atoms with Crippen LogP contribution in [-0.4, -0.2) is 20.4 Å². The maximum atomic E-state index is 11.9. The number of nitrogens with zero attached hydrogens (tertiary/aromatic N) is 6. The van der Waals surface area contributed by atoms with Gasteiger partial charge >= 0.3 is 0 Å². The zero-order chi connectivity index (χ0) is 41.5. The Morgan fingerprint density at radius 1 is 0.476 bits per heavy atom. The summed E-state index contributed by atoms with van der Waals surface area (Å²) in [5, 5.41) is 18.7. The molecule has 14 rings (SSSR count). The Labute approximate surface area is 361 Å². The standard InChI is InChI=1S/C56H31BN6/c1-59-51-55(60(34-16-4-2-5-17-34)36-30-31-49-42(32-36)39-22-10-11-27-46(39)61(49)35-18-6-3-7-19-35)43(33-58)54-50-56(51)63-48-29-13-9-21-38(48)41-24-15-26-45(53(41)63)57(50)44-25-14-23-40-37-20-8-12-28-47(37)62(54)52(40)44/h2-32H. The van der Waals surface area contributed by atoms with Crippen molar-refractivity contribution in [1.29, 1.82) is 5.26 Å². The van der Waals surface area contributed by atoms with Gasteiger partial charge in [0, 0.05) is 60.4 Å². The van der Waals surface area contributed by atoms with Gasteiger partial charge in [-0.3, -0.25) is 0 Å². The van der Waals surface area contributed by atoms with Crippen molar-refractivity contribution in [2.45, 2.75) is 0 Å². The number of fused-ring (bicyclic) bond motifs is 13. The third kappa shape index (κ3) is 4.25. The van der Waals surface area contributed by atoms with Crippen molar-refractivity contribution in [3.05, 3.63) is 205 Å². The van der Waals surface area contributed by atoms with E-state index in [0.717, 1.165) is 99.3 Å². The first-order valence-electron chi connectivity index (χ1n) is 21.2. The summed E-state index contributed by atoms with van der Waals surface area (Å²) in [7, 11) is 0. The lowest BCUT2D eigenvalue weighted by atomic mass is 9.34. The molecule has 7 heteroatoms. The van der Waals surface area contributed by atoms with E-state index in [1.165, 1.54) is 10.9 Å². The van der Waals surface area contributed by atoms with Gasteiger partial charge in [0.15, 0.2) is 0 Å². The molecule has 0 spiro atoms. The Morgan fingerprint density at radius 3 is 1.59 bits per heavy atom. The third-order valence-corrected chi connectivity index (χ3v) is 13.6. The average molecular weight is 799 g/mol. The molecule has 0 fully saturated rings. The summed E-state index contributed by atoms with van der Waals surface area (Å²) in [6, 6.07) is 69.0. The van der Waals surface area contributed by atoms with E-state index >= 15 is 0 Å². The molecule has 0 aliphatic carbocycles. The number of anilines is 3. The van der Waals surface area contributed by atoms with Gasteiger partial charge in [-0.05, 0) is 77.1 Å². The maximum Gasteiger partial charge on any atom is 0.250 e. The van der Waals surface area contributed by atoms with E-state index in [2.05, 4.69) is 193 Å². The molecule has 0 saturated heterocycles. The van der Waals surface area contributed by atoms with Gasteiger partial charge in [0.1, 0.15) is 6.07 Å². The zero-order valence-corrected chi connectivity index (χ0v) is 33.7. The number of rotatable bonds is 4. The molecule has 288 valence electrons. The van der Waals surface area contributed by atoms with E-state index in [-0.39, 0.29) is 6.71 Å². The second-order valence-corrected chi connectivity index (χ2v) is 16.6. The summed E-state index contributed by atoms with van der Waals surface area (Å²) in [6.45, 7) is 9.11. The van der Waals surface area contributed by atoms with E-state index in [1.54, 1.807) is 0 Å². The molecular formula is C56H31BN6. The molecule has 2 aliphatic rings.